The van der Waals surface area contributed by atoms with Gasteiger partial charge < -0.3 is 9.88 Å². The highest BCUT2D eigenvalue weighted by atomic mass is 35.5. The second kappa shape index (κ2) is 8.83. The Labute approximate surface area is 221 Å². The maximum Gasteiger partial charge on any atom is 0.416 e. The summed E-state index contributed by atoms with van der Waals surface area (Å²) in [6.45, 7) is 1.89. The van der Waals surface area contributed by atoms with Crippen LogP contribution in [0.15, 0.2) is 54.9 Å². The number of aryl methyl sites for hydroxylation is 1. The van der Waals surface area contributed by atoms with Crippen LogP contribution in [0, 0.1) is 5.92 Å². The molecule has 1 saturated carbocycles. The molecule has 6 rings (SSSR count). The molecule has 2 aromatic heterocycles. The number of alkyl halides is 3. The Balaban J connectivity index is 1.48. The van der Waals surface area contributed by atoms with Crippen molar-refractivity contribution in [1.29, 1.82) is 0 Å². The van der Waals surface area contributed by atoms with Crippen LogP contribution in [-0.2, 0) is 19.8 Å². The van der Waals surface area contributed by atoms with E-state index in [2.05, 4.69) is 27.4 Å². The molecule has 0 unspecified atom stereocenters. The largest absolute Gasteiger partial charge is 0.416 e. The lowest BCUT2D eigenvalue weighted by molar-refractivity contribution is -0.138. The van der Waals surface area contributed by atoms with Gasteiger partial charge in [0.2, 0.25) is 0 Å². The highest BCUT2D eigenvalue weighted by Gasteiger charge is 2.40. The molecule has 4 aromatic rings. The molecule has 2 aliphatic rings. The van der Waals surface area contributed by atoms with Gasteiger partial charge in [-0.1, -0.05) is 24.6 Å². The highest BCUT2D eigenvalue weighted by molar-refractivity contribution is 6.31. The molecule has 1 fully saturated rings. The summed E-state index contributed by atoms with van der Waals surface area (Å²) in [5.41, 5.74) is 1.33. The van der Waals surface area contributed by atoms with Gasteiger partial charge in [0.05, 0.1) is 12.1 Å². The summed E-state index contributed by atoms with van der Waals surface area (Å²) in [5, 5.41) is 12.1. The molecule has 194 valence electrons. The number of halogens is 4. The van der Waals surface area contributed by atoms with Crippen molar-refractivity contribution in [1.82, 2.24) is 19.7 Å². The van der Waals surface area contributed by atoms with Crippen LogP contribution in [0.25, 0.3) is 22.5 Å². The van der Waals surface area contributed by atoms with Crippen LogP contribution < -0.4 is 10.2 Å². The second-order valence-electron chi connectivity index (χ2n) is 9.74. The summed E-state index contributed by atoms with van der Waals surface area (Å²) < 4.78 is 42.9. The van der Waals surface area contributed by atoms with E-state index in [1.807, 2.05) is 19.2 Å². The van der Waals surface area contributed by atoms with Crippen LogP contribution in [0.5, 0.6) is 0 Å². The topological polar surface area (TPSA) is 75.9 Å². The average molecular weight is 539 g/mol. The molecular weight excluding hydrogens is 517 g/mol. The van der Waals surface area contributed by atoms with Crippen LogP contribution in [0.3, 0.4) is 0 Å². The first-order valence-electron chi connectivity index (χ1n) is 12.0. The Kier molecular flexibility index (Phi) is 5.68. The molecule has 0 bridgehead atoms. The second-order valence-corrected chi connectivity index (χ2v) is 10.2. The minimum atomic E-state index is -4.57. The van der Waals surface area contributed by atoms with Crippen molar-refractivity contribution in [2.45, 2.75) is 32.1 Å². The maximum atomic E-state index is 13.7. The standard InChI is InChI=1S/C27H22ClF3N6O/c1-14-8-22(14)33-23-9-15(19-11-16(28)6-7-17(19)25-35-32-13-36(25)2)10-24(34-23)37-12-20-18(26(37)38)4-3-5-21(20)27(29,30)31/h3-7,9-11,13-14,22H,8,12H2,1-2H3,(H,33,34)/t14-,22-/m0/s1. The van der Waals surface area contributed by atoms with Gasteiger partial charge in [-0.15, -0.1) is 10.2 Å². The van der Waals surface area contributed by atoms with Crippen molar-refractivity contribution in [3.8, 4) is 22.5 Å². The summed E-state index contributed by atoms with van der Waals surface area (Å²) >= 11 is 6.39. The fourth-order valence-corrected chi connectivity index (χ4v) is 5.03. The lowest BCUT2D eigenvalue weighted by Crippen LogP contribution is -2.24. The fourth-order valence-electron chi connectivity index (χ4n) is 4.86. The fraction of sp³-hybridized carbons (Fsp3) is 0.259. The van der Waals surface area contributed by atoms with E-state index < -0.39 is 17.6 Å². The molecule has 0 radical (unpaired) electrons. The van der Waals surface area contributed by atoms with Crippen molar-refractivity contribution < 1.29 is 18.0 Å². The van der Waals surface area contributed by atoms with Gasteiger partial charge in [0.25, 0.3) is 5.91 Å². The van der Waals surface area contributed by atoms with Crippen LogP contribution in [0.2, 0.25) is 5.02 Å². The number of rotatable bonds is 5. The smallest absolute Gasteiger partial charge is 0.367 e. The first kappa shape index (κ1) is 24.4. The Bertz CT molecular complexity index is 1580. The number of nitrogens with zero attached hydrogens (tertiary/aromatic N) is 5. The van der Waals surface area contributed by atoms with E-state index >= 15 is 0 Å². The van der Waals surface area contributed by atoms with E-state index in [1.54, 1.807) is 29.1 Å². The predicted octanol–water partition coefficient (Wildman–Crippen LogP) is 6.20. The molecule has 7 nitrogen and oxygen atoms in total. The zero-order chi connectivity index (χ0) is 26.8. The minimum Gasteiger partial charge on any atom is -0.367 e. The molecule has 0 spiro atoms. The Morgan fingerprint density at radius 2 is 1.87 bits per heavy atom. The quantitative estimate of drug-likeness (QED) is 0.327. The van der Waals surface area contributed by atoms with E-state index in [9.17, 15) is 18.0 Å². The summed E-state index contributed by atoms with van der Waals surface area (Å²) in [6, 6.07) is 12.8. The highest BCUT2D eigenvalue weighted by Crippen LogP contribution is 2.41. The van der Waals surface area contributed by atoms with Gasteiger partial charge in [-0.2, -0.15) is 13.2 Å². The van der Waals surface area contributed by atoms with Gasteiger partial charge >= 0.3 is 6.18 Å². The third kappa shape index (κ3) is 4.28. The molecule has 1 amide bonds. The molecule has 1 aliphatic carbocycles. The number of nitrogens with one attached hydrogen (secondary N) is 1. The van der Waals surface area contributed by atoms with Crippen molar-refractivity contribution in [2.75, 3.05) is 10.2 Å². The molecule has 2 atom stereocenters. The van der Waals surface area contributed by atoms with Gasteiger partial charge in [0, 0.05) is 29.2 Å². The van der Waals surface area contributed by atoms with E-state index in [4.69, 9.17) is 11.6 Å². The van der Waals surface area contributed by atoms with Gasteiger partial charge in [0.15, 0.2) is 5.82 Å². The van der Waals surface area contributed by atoms with E-state index in [0.717, 1.165) is 23.6 Å². The van der Waals surface area contributed by atoms with Gasteiger partial charge in [0.1, 0.15) is 18.0 Å². The summed E-state index contributed by atoms with van der Waals surface area (Å²) in [4.78, 5) is 19.3. The molecule has 38 heavy (non-hydrogen) atoms. The van der Waals surface area contributed by atoms with Crippen molar-refractivity contribution in [3.05, 3.63) is 76.6 Å². The Morgan fingerprint density at radius 1 is 1.08 bits per heavy atom. The molecule has 1 aliphatic heterocycles. The van der Waals surface area contributed by atoms with Crippen LogP contribution >= 0.6 is 11.6 Å². The molecular formula is C27H22ClF3N6O. The number of hydrogen-bond acceptors (Lipinski definition) is 5. The Morgan fingerprint density at radius 3 is 2.55 bits per heavy atom. The monoisotopic (exact) mass is 538 g/mol. The van der Waals surface area contributed by atoms with Crippen molar-refractivity contribution in [2.24, 2.45) is 13.0 Å². The summed E-state index contributed by atoms with van der Waals surface area (Å²) in [7, 11) is 1.82. The summed E-state index contributed by atoms with van der Waals surface area (Å²) in [5.74, 6) is 1.32. The number of anilines is 2. The third-order valence-electron chi connectivity index (χ3n) is 7.05. The zero-order valence-corrected chi connectivity index (χ0v) is 21.2. The first-order chi connectivity index (χ1) is 18.1. The number of carbonyl (C=O) groups is 1. The lowest BCUT2D eigenvalue weighted by atomic mass is 9.99. The van der Waals surface area contributed by atoms with Crippen LogP contribution in [-0.4, -0.2) is 31.7 Å². The number of pyridine rings is 1. The zero-order valence-electron chi connectivity index (χ0n) is 20.4. The average Bonchev–Trinajstić information content (AvgIpc) is 3.23. The number of aromatic nitrogens is 4. The van der Waals surface area contributed by atoms with Gasteiger partial charge in [-0.05, 0) is 71.5 Å². The predicted molar refractivity (Wildman–Crippen MR) is 138 cm³/mol. The number of benzene rings is 2. The molecule has 3 heterocycles. The number of amides is 1. The lowest BCUT2D eigenvalue weighted by Gasteiger charge is -2.19. The van der Waals surface area contributed by atoms with E-state index in [1.165, 1.54) is 17.0 Å². The van der Waals surface area contributed by atoms with Crippen molar-refractivity contribution in [3.63, 3.8) is 0 Å². The normalized spacial score (nSPS) is 18.6. The maximum absolute atomic E-state index is 13.7. The first-order valence-corrected chi connectivity index (χ1v) is 12.4. The number of hydrogen-bond donors (Lipinski definition) is 1. The molecule has 2 aromatic carbocycles. The van der Waals surface area contributed by atoms with Gasteiger partial charge in [-0.3, -0.25) is 9.69 Å². The summed E-state index contributed by atoms with van der Waals surface area (Å²) in [6.07, 6.45) is -2.01. The van der Waals surface area contributed by atoms with Crippen LogP contribution in [0.4, 0.5) is 24.8 Å². The molecule has 1 N–H and O–H groups in total. The minimum absolute atomic E-state index is 0.0277. The number of fused-ring (bicyclic) bond motifs is 1. The van der Waals surface area contributed by atoms with E-state index in [0.29, 0.717) is 28.1 Å². The van der Waals surface area contributed by atoms with Crippen molar-refractivity contribution >= 4 is 29.1 Å². The molecule has 0 saturated heterocycles. The third-order valence-corrected chi connectivity index (χ3v) is 7.28. The Hall–Kier alpha value is -3.92. The van der Waals surface area contributed by atoms with Gasteiger partial charge in [-0.25, -0.2) is 4.98 Å². The molecule has 11 heteroatoms. The van der Waals surface area contributed by atoms with Crippen LogP contribution in [0.1, 0.15) is 34.8 Å². The van der Waals surface area contributed by atoms with E-state index in [-0.39, 0.29) is 29.5 Å². The number of carbonyl (C=O) groups excluding carboxylic acids is 1. The SMILES string of the molecule is C[C@H]1C[C@@H]1Nc1cc(-c2cc(Cl)ccc2-c2nncn2C)cc(N2Cc3c(cccc3C(F)(F)F)C2=O)n1.